The molecule has 236 valence electrons. The van der Waals surface area contributed by atoms with Crippen molar-refractivity contribution in [1.29, 1.82) is 0 Å². The first-order chi connectivity index (χ1) is 20.1. The normalized spacial score (nSPS) is 21.5. The number of nitrogens with one attached hydrogen (secondary N) is 1. The number of piperidine rings is 1. The molecule has 1 N–H and O–H groups in total. The van der Waals surface area contributed by atoms with Crippen LogP contribution in [0.2, 0.25) is 0 Å². The minimum atomic E-state index is -4.98. The molecule has 0 aliphatic carbocycles. The predicted octanol–water partition coefficient (Wildman–Crippen LogP) is 6.35. The lowest BCUT2D eigenvalue weighted by Gasteiger charge is -2.40. The van der Waals surface area contributed by atoms with Crippen molar-refractivity contribution < 1.29 is 49.8 Å². The number of hydrogen-bond acceptors (Lipinski definition) is 5. The Morgan fingerprint density at radius 1 is 1.05 bits per heavy atom. The van der Waals surface area contributed by atoms with E-state index in [1.807, 2.05) is 0 Å². The molecule has 0 saturated carbocycles. The topological polar surface area (TPSA) is 71.1 Å². The Morgan fingerprint density at radius 2 is 1.72 bits per heavy atom. The standard InChI is InChI=1S/C28H30F7N3O4S/c1-16-10-20(29)2-3-22(16)23-14-21(42-26(40)37-8-9-41-24(43)15-37)5-7-38(23)25(39)36-6-4-17-11-18(27(30,31)32)13-19(12-17)28(33,34)35/h2-3,10-13,21,23-24,43H,4-9,14-15H2,1H3,(H,36,39)/t21-,23+,24?/m0/s1. The second-order valence-corrected chi connectivity index (χ2v) is 11.0. The quantitative estimate of drug-likeness (QED) is 0.296. The van der Waals surface area contributed by atoms with Crippen LogP contribution in [0.15, 0.2) is 36.4 Å². The van der Waals surface area contributed by atoms with E-state index in [9.17, 15) is 40.3 Å². The molecule has 7 nitrogen and oxygen atoms in total. The number of alkyl halides is 6. The average Bonchev–Trinajstić information content (AvgIpc) is 2.92. The molecule has 0 aromatic heterocycles. The molecule has 2 aromatic carbocycles. The van der Waals surface area contributed by atoms with Crippen LogP contribution in [0.4, 0.5) is 40.3 Å². The second kappa shape index (κ2) is 13.2. The van der Waals surface area contributed by atoms with E-state index in [0.717, 1.165) is 0 Å². The first-order valence-corrected chi connectivity index (χ1v) is 14.0. The van der Waals surface area contributed by atoms with E-state index in [4.69, 9.17) is 9.47 Å². The summed E-state index contributed by atoms with van der Waals surface area (Å²) in [5.74, 6) is -0.482. The third kappa shape index (κ3) is 8.46. The van der Waals surface area contributed by atoms with Crippen molar-refractivity contribution in [2.75, 3.05) is 32.8 Å². The summed E-state index contributed by atoms with van der Waals surface area (Å²) < 4.78 is 104. The number of carbonyl (C=O) groups is 2. The summed E-state index contributed by atoms with van der Waals surface area (Å²) in [6.07, 6.45) is -10.9. The zero-order valence-electron chi connectivity index (χ0n) is 23.0. The molecule has 2 fully saturated rings. The zero-order chi connectivity index (χ0) is 31.5. The van der Waals surface area contributed by atoms with E-state index >= 15 is 0 Å². The van der Waals surface area contributed by atoms with Gasteiger partial charge in [0.05, 0.1) is 30.3 Å². The number of ether oxygens (including phenoxy) is 2. The number of nitrogens with zero attached hydrogens (tertiary/aromatic N) is 2. The van der Waals surface area contributed by atoms with Crippen LogP contribution in [-0.4, -0.2) is 66.3 Å². The summed E-state index contributed by atoms with van der Waals surface area (Å²) in [6, 6.07) is 4.08. The predicted molar refractivity (Wildman–Crippen MR) is 144 cm³/mol. The van der Waals surface area contributed by atoms with Crippen molar-refractivity contribution in [1.82, 2.24) is 15.1 Å². The first kappa shape index (κ1) is 32.7. The van der Waals surface area contributed by atoms with Crippen LogP contribution in [0, 0.1) is 12.7 Å². The molecule has 2 saturated heterocycles. The highest BCUT2D eigenvalue weighted by atomic mass is 32.1. The Bertz CT molecular complexity index is 1290. The maximum absolute atomic E-state index is 13.9. The van der Waals surface area contributed by atoms with Gasteiger partial charge in [0.2, 0.25) is 0 Å². The van der Waals surface area contributed by atoms with E-state index in [1.165, 1.54) is 28.0 Å². The number of likely N-dealkylation sites (tertiary alicyclic amines) is 1. The number of benzene rings is 2. The van der Waals surface area contributed by atoms with Gasteiger partial charge in [0.25, 0.3) is 0 Å². The molecule has 4 rings (SSSR count). The number of amides is 3. The van der Waals surface area contributed by atoms with Gasteiger partial charge in [0, 0.05) is 32.5 Å². The van der Waals surface area contributed by atoms with E-state index < -0.39 is 59.0 Å². The highest BCUT2D eigenvalue weighted by Gasteiger charge is 2.38. The minimum absolute atomic E-state index is 0.0461. The Balaban J connectivity index is 1.46. The lowest BCUT2D eigenvalue weighted by molar-refractivity contribution is -0.143. The number of halogens is 7. The van der Waals surface area contributed by atoms with Gasteiger partial charge in [0.15, 0.2) is 0 Å². The summed E-state index contributed by atoms with van der Waals surface area (Å²) >= 11 is 4.23. The Kier molecular flexibility index (Phi) is 10.0. The number of hydrogen-bond donors (Lipinski definition) is 2. The molecule has 3 amide bonds. The summed E-state index contributed by atoms with van der Waals surface area (Å²) in [6.45, 7) is 2.40. The third-order valence-electron chi connectivity index (χ3n) is 7.32. The molecule has 2 aromatic rings. The van der Waals surface area contributed by atoms with Crippen molar-refractivity contribution in [3.05, 3.63) is 70.0 Å². The fourth-order valence-corrected chi connectivity index (χ4v) is 5.49. The van der Waals surface area contributed by atoms with Crippen LogP contribution in [0.1, 0.15) is 46.7 Å². The van der Waals surface area contributed by atoms with Gasteiger partial charge in [-0.25, -0.2) is 14.0 Å². The van der Waals surface area contributed by atoms with Gasteiger partial charge in [-0.05, 0) is 60.4 Å². The van der Waals surface area contributed by atoms with E-state index in [1.54, 1.807) is 6.92 Å². The lowest BCUT2D eigenvalue weighted by Crippen LogP contribution is -2.50. The van der Waals surface area contributed by atoms with Crippen molar-refractivity contribution in [3.63, 3.8) is 0 Å². The first-order valence-electron chi connectivity index (χ1n) is 13.5. The van der Waals surface area contributed by atoms with Gasteiger partial charge in [-0.2, -0.15) is 26.3 Å². The number of carbonyl (C=O) groups excluding carboxylic acids is 2. The number of urea groups is 1. The summed E-state index contributed by atoms with van der Waals surface area (Å²) in [7, 11) is 0. The number of thiol groups is 1. The van der Waals surface area contributed by atoms with Gasteiger partial charge in [-0.1, -0.05) is 6.07 Å². The fraction of sp³-hybridized carbons (Fsp3) is 0.500. The molecule has 2 aliphatic heterocycles. The maximum Gasteiger partial charge on any atom is 0.416 e. The molecule has 15 heteroatoms. The second-order valence-electron chi connectivity index (χ2n) is 10.4. The van der Waals surface area contributed by atoms with Gasteiger partial charge < -0.3 is 24.6 Å². The fourth-order valence-electron chi connectivity index (χ4n) is 5.18. The van der Waals surface area contributed by atoms with E-state index in [-0.39, 0.29) is 50.5 Å². The highest BCUT2D eigenvalue weighted by Crippen LogP contribution is 2.37. The molecule has 3 atom stereocenters. The van der Waals surface area contributed by atoms with Crippen molar-refractivity contribution in [2.24, 2.45) is 0 Å². The van der Waals surface area contributed by atoms with Crippen LogP contribution in [0.25, 0.3) is 0 Å². The lowest BCUT2D eigenvalue weighted by atomic mass is 9.91. The van der Waals surface area contributed by atoms with Crippen LogP contribution in [-0.2, 0) is 28.2 Å². The molecule has 0 spiro atoms. The molecule has 1 unspecified atom stereocenters. The van der Waals surface area contributed by atoms with E-state index in [2.05, 4.69) is 17.9 Å². The molecule has 0 radical (unpaired) electrons. The number of rotatable bonds is 5. The number of morpholine rings is 1. The minimum Gasteiger partial charge on any atom is -0.446 e. The highest BCUT2D eigenvalue weighted by molar-refractivity contribution is 7.80. The average molecular weight is 638 g/mol. The van der Waals surface area contributed by atoms with Crippen molar-refractivity contribution in [2.45, 2.75) is 56.1 Å². The van der Waals surface area contributed by atoms with Crippen LogP contribution in [0.3, 0.4) is 0 Å². The van der Waals surface area contributed by atoms with Gasteiger partial charge in [-0.15, -0.1) is 12.6 Å². The Morgan fingerprint density at radius 3 is 2.33 bits per heavy atom. The zero-order valence-corrected chi connectivity index (χ0v) is 23.9. The molecule has 0 bridgehead atoms. The van der Waals surface area contributed by atoms with E-state index in [0.29, 0.717) is 36.4 Å². The smallest absolute Gasteiger partial charge is 0.416 e. The van der Waals surface area contributed by atoms with Crippen molar-refractivity contribution >= 4 is 24.8 Å². The summed E-state index contributed by atoms with van der Waals surface area (Å²) in [5, 5.41) is 2.57. The van der Waals surface area contributed by atoms with Gasteiger partial charge >= 0.3 is 24.5 Å². The molecule has 2 aliphatic rings. The summed E-state index contributed by atoms with van der Waals surface area (Å²) in [5.41, 5.74) is -2.41. The molecular weight excluding hydrogens is 607 g/mol. The van der Waals surface area contributed by atoms with Gasteiger partial charge in [-0.3, -0.25) is 0 Å². The Labute approximate surface area is 248 Å². The van der Waals surface area contributed by atoms with Crippen LogP contribution in [0.5, 0.6) is 0 Å². The molecule has 43 heavy (non-hydrogen) atoms. The van der Waals surface area contributed by atoms with Crippen molar-refractivity contribution in [3.8, 4) is 0 Å². The Hall–Kier alpha value is -3.20. The van der Waals surface area contributed by atoms with Crippen LogP contribution < -0.4 is 5.32 Å². The SMILES string of the molecule is Cc1cc(F)ccc1[C@H]1C[C@@H](OC(=O)N2CCOC(S)C2)CCN1C(=O)NCCc1cc(C(F)(F)F)cc(C(F)(F)F)c1. The third-order valence-corrected chi connectivity index (χ3v) is 7.63. The monoisotopic (exact) mass is 637 g/mol. The van der Waals surface area contributed by atoms with Gasteiger partial charge in [0.1, 0.15) is 17.4 Å². The summed E-state index contributed by atoms with van der Waals surface area (Å²) in [4.78, 5) is 28.9. The molecular formula is C28H30F7N3O4S. The largest absolute Gasteiger partial charge is 0.446 e. The molecule has 2 heterocycles. The maximum atomic E-state index is 13.9. The number of aryl methyl sites for hydroxylation is 1. The van der Waals surface area contributed by atoms with Crippen LogP contribution >= 0.6 is 12.6 Å².